The summed E-state index contributed by atoms with van der Waals surface area (Å²) in [6.45, 7) is 0.0392. The summed E-state index contributed by atoms with van der Waals surface area (Å²) < 4.78 is 10.6. The predicted octanol–water partition coefficient (Wildman–Crippen LogP) is 2.61. The molecule has 6 nitrogen and oxygen atoms in total. The molecule has 0 radical (unpaired) electrons. The number of aliphatic hydroxyl groups is 1. The van der Waals surface area contributed by atoms with E-state index in [9.17, 15) is 10.1 Å². The smallest absolute Gasteiger partial charge is 0.266 e. The van der Waals surface area contributed by atoms with E-state index in [1.807, 2.05) is 12.1 Å². The summed E-state index contributed by atoms with van der Waals surface area (Å²) >= 11 is 0. The Labute approximate surface area is 145 Å². The average molecular weight is 338 g/mol. The second-order valence-corrected chi connectivity index (χ2v) is 4.97. The third-order valence-electron chi connectivity index (χ3n) is 3.24. The number of hydrogen-bond donors (Lipinski definition) is 2. The fourth-order valence-electron chi connectivity index (χ4n) is 2.08. The molecule has 0 atom stereocenters. The van der Waals surface area contributed by atoms with Gasteiger partial charge in [0.05, 0.1) is 13.7 Å². The molecule has 128 valence electrons. The molecule has 2 aromatic rings. The fourth-order valence-corrected chi connectivity index (χ4v) is 2.08. The van der Waals surface area contributed by atoms with E-state index in [0.29, 0.717) is 22.7 Å². The van der Waals surface area contributed by atoms with Crippen molar-refractivity contribution in [2.24, 2.45) is 0 Å². The van der Waals surface area contributed by atoms with Gasteiger partial charge in [0.15, 0.2) is 11.5 Å². The molecule has 0 aliphatic rings. The van der Waals surface area contributed by atoms with Crippen LogP contribution in [0.5, 0.6) is 11.5 Å². The van der Waals surface area contributed by atoms with Crippen LogP contribution < -0.4 is 14.8 Å². The van der Waals surface area contributed by atoms with Crippen molar-refractivity contribution in [2.75, 3.05) is 25.6 Å². The molecule has 2 rings (SSSR count). The van der Waals surface area contributed by atoms with Gasteiger partial charge in [0.25, 0.3) is 5.91 Å². The quantitative estimate of drug-likeness (QED) is 0.598. The highest BCUT2D eigenvalue weighted by Gasteiger charge is 2.11. The predicted molar refractivity (Wildman–Crippen MR) is 94.2 cm³/mol. The molecule has 0 saturated heterocycles. The van der Waals surface area contributed by atoms with Gasteiger partial charge in [-0.2, -0.15) is 5.26 Å². The lowest BCUT2D eigenvalue weighted by Crippen LogP contribution is -2.13. The normalized spacial score (nSPS) is 10.7. The number of ether oxygens (including phenoxy) is 2. The van der Waals surface area contributed by atoms with Crippen molar-refractivity contribution >= 4 is 17.7 Å². The Bertz CT molecular complexity index is 795. The van der Waals surface area contributed by atoms with E-state index in [-0.39, 0.29) is 18.8 Å². The van der Waals surface area contributed by atoms with Gasteiger partial charge in [-0.1, -0.05) is 24.3 Å². The molecule has 0 saturated carbocycles. The number of methoxy groups -OCH3 is 1. The van der Waals surface area contributed by atoms with Crippen molar-refractivity contribution in [3.05, 3.63) is 59.7 Å². The van der Waals surface area contributed by atoms with Crippen molar-refractivity contribution in [3.63, 3.8) is 0 Å². The van der Waals surface area contributed by atoms with Crippen LogP contribution in [0, 0.1) is 11.3 Å². The summed E-state index contributed by atoms with van der Waals surface area (Å²) in [5.74, 6) is 0.428. The van der Waals surface area contributed by atoms with E-state index in [1.54, 1.807) is 42.5 Å². The number of benzene rings is 2. The molecule has 0 unspecified atom stereocenters. The molecule has 2 aromatic carbocycles. The van der Waals surface area contributed by atoms with E-state index >= 15 is 0 Å². The number of nitrogens with one attached hydrogen (secondary N) is 1. The van der Waals surface area contributed by atoms with Crippen LogP contribution in [0.25, 0.3) is 6.08 Å². The SMILES string of the molecule is COc1cc(/C=C(\C#N)C(=O)Nc2ccccc2)ccc1OCCO. The van der Waals surface area contributed by atoms with Crippen molar-refractivity contribution in [2.45, 2.75) is 0 Å². The number of rotatable bonds is 7. The Balaban J connectivity index is 2.21. The van der Waals surface area contributed by atoms with Crippen LogP contribution in [0.15, 0.2) is 54.1 Å². The van der Waals surface area contributed by atoms with Gasteiger partial charge in [-0.15, -0.1) is 0 Å². The van der Waals surface area contributed by atoms with Gasteiger partial charge >= 0.3 is 0 Å². The highest BCUT2D eigenvalue weighted by atomic mass is 16.5. The molecule has 0 fully saturated rings. The molecule has 0 aromatic heterocycles. The van der Waals surface area contributed by atoms with Gasteiger partial charge in [0.1, 0.15) is 18.2 Å². The molecule has 0 heterocycles. The van der Waals surface area contributed by atoms with Gasteiger partial charge in [-0.25, -0.2) is 0 Å². The number of carbonyl (C=O) groups excluding carboxylic acids is 1. The number of amides is 1. The number of para-hydroxylation sites is 1. The van der Waals surface area contributed by atoms with Crippen molar-refractivity contribution < 1.29 is 19.4 Å². The highest BCUT2D eigenvalue weighted by Crippen LogP contribution is 2.29. The second-order valence-electron chi connectivity index (χ2n) is 4.97. The van der Waals surface area contributed by atoms with Crippen LogP contribution in [0.2, 0.25) is 0 Å². The highest BCUT2D eigenvalue weighted by molar-refractivity contribution is 6.09. The van der Waals surface area contributed by atoms with Gasteiger partial charge in [-0.05, 0) is 35.9 Å². The average Bonchev–Trinajstić information content (AvgIpc) is 2.65. The summed E-state index contributed by atoms with van der Waals surface area (Å²) in [5, 5.41) is 20.8. The molecule has 1 amide bonds. The molecule has 0 aliphatic carbocycles. The van der Waals surface area contributed by atoms with Crippen molar-refractivity contribution in [3.8, 4) is 17.6 Å². The number of nitrogens with zero attached hydrogens (tertiary/aromatic N) is 1. The van der Waals surface area contributed by atoms with Crippen LogP contribution in [0.1, 0.15) is 5.56 Å². The van der Waals surface area contributed by atoms with Crippen LogP contribution in [0.4, 0.5) is 5.69 Å². The Morgan fingerprint density at radius 2 is 2.00 bits per heavy atom. The summed E-state index contributed by atoms with van der Waals surface area (Å²) in [7, 11) is 1.49. The van der Waals surface area contributed by atoms with E-state index < -0.39 is 5.91 Å². The van der Waals surface area contributed by atoms with Crippen molar-refractivity contribution in [1.82, 2.24) is 0 Å². The molecular weight excluding hydrogens is 320 g/mol. The molecule has 6 heteroatoms. The Morgan fingerprint density at radius 1 is 1.24 bits per heavy atom. The molecule has 0 bridgehead atoms. The first kappa shape index (κ1) is 18.0. The van der Waals surface area contributed by atoms with Crippen molar-refractivity contribution in [1.29, 1.82) is 5.26 Å². The van der Waals surface area contributed by atoms with Gasteiger partial charge in [0.2, 0.25) is 0 Å². The maximum atomic E-state index is 12.2. The summed E-state index contributed by atoms with van der Waals surface area (Å²) in [4.78, 5) is 12.2. The number of anilines is 1. The third kappa shape index (κ3) is 5.09. The topological polar surface area (TPSA) is 91.6 Å². The maximum absolute atomic E-state index is 12.2. The Kier molecular flexibility index (Phi) is 6.57. The number of carbonyl (C=O) groups is 1. The van der Waals surface area contributed by atoms with E-state index in [1.165, 1.54) is 13.2 Å². The summed E-state index contributed by atoms with van der Waals surface area (Å²) in [6, 6.07) is 15.8. The number of hydrogen-bond acceptors (Lipinski definition) is 5. The van der Waals surface area contributed by atoms with E-state index in [2.05, 4.69) is 5.32 Å². The summed E-state index contributed by atoms with van der Waals surface area (Å²) in [5.41, 5.74) is 1.20. The molecular formula is C19H18N2O4. The van der Waals surface area contributed by atoms with Gasteiger partial charge in [0, 0.05) is 5.69 Å². The molecule has 0 spiro atoms. The largest absolute Gasteiger partial charge is 0.493 e. The number of aliphatic hydroxyl groups excluding tert-OH is 1. The fraction of sp³-hybridized carbons (Fsp3) is 0.158. The van der Waals surface area contributed by atoms with E-state index in [4.69, 9.17) is 14.6 Å². The minimum absolute atomic E-state index is 0.0325. The minimum atomic E-state index is -0.492. The first-order valence-corrected chi connectivity index (χ1v) is 7.58. The van der Waals surface area contributed by atoms with Crippen LogP contribution in [0.3, 0.4) is 0 Å². The van der Waals surface area contributed by atoms with Crippen LogP contribution in [-0.4, -0.2) is 31.3 Å². The first-order chi connectivity index (χ1) is 12.2. The first-order valence-electron chi connectivity index (χ1n) is 7.58. The minimum Gasteiger partial charge on any atom is -0.493 e. The zero-order valence-electron chi connectivity index (χ0n) is 13.7. The van der Waals surface area contributed by atoms with Crippen LogP contribution >= 0.6 is 0 Å². The van der Waals surface area contributed by atoms with Gasteiger partial charge < -0.3 is 19.9 Å². The monoisotopic (exact) mass is 338 g/mol. The lowest BCUT2D eigenvalue weighted by Gasteiger charge is -2.10. The molecule has 0 aliphatic heterocycles. The third-order valence-corrected chi connectivity index (χ3v) is 3.24. The molecule has 2 N–H and O–H groups in total. The lowest BCUT2D eigenvalue weighted by atomic mass is 10.1. The zero-order valence-corrected chi connectivity index (χ0v) is 13.7. The number of nitriles is 1. The standard InChI is InChI=1S/C19H18N2O4/c1-24-18-12-14(7-8-17(18)25-10-9-22)11-15(13-20)19(23)21-16-5-3-2-4-6-16/h2-8,11-12,22H,9-10H2,1H3,(H,21,23)/b15-11+. The van der Waals surface area contributed by atoms with Crippen LogP contribution in [-0.2, 0) is 4.79 Å². The Hall–Kier alpha value is -3.30. The zero-order chi connectivity index (χ0) is 18.1. The summed E-state index contributed by atoms with van der Waals surface area (Å²) in [6.07, 6.45) is 1.47. The molecule has 25 heavy (non-hydrogen) atoms. The second kappa shape index (κ2) is 9.11. The Morgan fingerprint density at radius 3 is 2.64 bits per heavy atom. The van der Waals surface area contributed by atoms with E-state index in [0.717, 1.165) is 0 Å². The maximum Gasteiger partial charge on any atom is 0.266 e. The lowest BCUT2D eigenvalue weighted by molar-refractivity contribution is -0.112. The van der Waals surface area contributed by atoms with Gasteiger partial charge in [-0.3, -0.25) is 4.79 Å².